The molecule has 6 rings (SSSR count). The van der Waals surface area contributed by atoms with Crippen molar-refractivity contribution in [2.45, 2.75) is 37.8 Å². The van der Waals surface area contributed by atoms with Crippen LogP contribution in [-0.4, -0.2) is 36.1 Å². The monoisotopic (exact) mass is 473 g/mol. The van der Waals surface area contributed by atoms with Gasteiger partial charge in [-0.1, -0.05) is 66.7 Å². The van der Waals surface area contributed by atoms with Crippen molar-refractivity contribution in [2.24, 2.45) is 0 Å². The fraction of sp³-hybridized carbons (Fsp3) is 0.250. The maximum Gasteiger partial charge on any atom is 0.223 e. The highest BCUT2D eigenvalue weighted by Gasteiger charge is 2.35. The predicted molar refractivity (Wildman–Crippen MR) is 152 cm³/mol. The third-order valence-corrected chi connectivity index (χ3v) is 8.03. The summed E-state index contributed by atoms with van der Waals surface area (Å²) < 4.78 is 0.919. The number of anilines is 1. The second-order valence-electron chi connectivity index (χ2n) is 10.5. The maximum absolute atomic E-state index is 4.87. The maximum atomic E-state index is 4.87. The Balaban J connectivity index is 1.15. The van der Waals surface area contributed by atoms with Crippen LogP contribution >= 0.6 is 0 Å². The van der Waals surface area contributed by atoms with Crippen molar-refractivity contribution in [1.82, 2.24) is 14.5 Å². The van der Waals surface area contributed by atoms with Crippen molar-refractivity contribution in [3.8, 4) is 11.3 Å². The lowest BCUT2D eigenvalue weighted by atomic mass is 9.88. The molecule has 4 nitrogen and oxygen atoms in total. The van der Waals surface area contributed by atoms with Gasteiger partial charge in [-0.15, -0.1) is 0 Å². The van der Waals surface area contributed by atoms with E-state index in [0.717, 1.165) is 34.5 Å². The van der Waals surface area contributed by atoms with Crippen molar-refractivity contribution in [3.63, 3.8) is 0 Å². The Kier molecular flexibility index (Phi) is 5.90. The van der Waals surface area contributed by atoms with E-state index in [1.165, 1.54) is 40.1 Å². The molecular formula is C32H33N4+. The Morgan fingerprint density at radius 2 is 1.44 bits per heavy atom. The van der Waals surface area contributed by atoms with Crippen LogP contribution in [0.15, 0.2) is 97.2 Å². The second-order valence-corrected chi connectivity index (χ2v) is 10.5. The number of hydrogen-bond donors (Lipinski definition) is 1. The van der Waals surface area contributed by atoms with Gasteiger partial charge in [-0.3, -0.25) is 4.48 Å². The number of nitrogens with zero attached hydrogens (tertiary/aromatic N) is 3. The molecule has 4 aromatic carbocycles. The Morgan fingerprint density at radius 3 is 2.28 bits per heavy atom. The SMILES string of the molecule is C[N+](C)(c1cccc2ccccc12)C1CCC(Nc2nccc(-c3ccc4ccccc4c3)n2)CC1. The Morgan fingerprint density at radius 1 is 0.722 bits per heavy atom. The highest BCUT2D eigenvalue weighted by Crippen LogP contribution is 2.36. The third kappa shape index (κ3) is 4.33. The number of hydrogen-bond acceptors (Lipinski definition) is 3. The minimum absolute atomic E-state index is 0.403. The summed E-state index contributed by atoms with van der Waals surface area (Å²) in [5, 5.41) is 8.80. The van der Waals surface area contributed by atoms with E-state index in [4.69, 9.17) is 4.98 Å². The van der Waals surface area contributed by atoms with Crippen LogP contribution in [0.1, 0.15) is 25.7 Å². The lowest BCUT2D eigenvalue weighted by Gasteiger charge is -2.42. The van der Waals surface area contributed by atoms with E-state index in [0.29, 0.717) is 12.1 Å². The fourth-order valence-corrected chi connectivity index (χ4v) is 5.89. The molecule has 0 saturated heterocycles. The van der Waals surface area contributed by atoms with Gasteiger partial charge in [-0.2, -0.15) is 0 Å². The highest BCUT2D eigenvalue weighted by atomic mass is 15.3. The van der Waals surface area contributed by atoms with Crippen LogP contribution in [0.25, 0.3) is 32.8 Å². The molecular weight excluding hydrogens is 440 g/mol. The first-order chi connectivity index (χ1) is 17.6. The molecule has 1 aliphatic rings. The lowest BCUT2D eigenvalue weighted by molar-refractivity contribution is 0.223. The van der Waals surface area contributed by atoms with Crippen LogP contribution in [0.3, 0.4) is 0 Å². The summed E-state index contributed by atoms with van der Waals surface area (Å²) in [7, 11) is 4.74. The van der Waals surface area contributed by atoms with Gasteiger partial charge in [-0.25, -0.2) is 9.97 Å². The molecule has 0 aliphatic heterocycles. The number of rotatable bonds is 5. The van der Waals surface area contributed by atoms with Crippen molar-refractivity contribution in [2.75, 3.05) is 19.4 Å². The summed E-state index contributed by atoms with van der Waals surface area (Å²) in [6, 6.07) is 33.4. The number of benzene rings is 4. The van der Waals surface area contributed by atoms with Crippen molar-refractivity contribution < 1.29 is 0 Å². The number of quaternary nitrogens is 1. The average Bonchev–Trinajstić information content (AvgIpc) is 2.93. The Bertz CT molecular complexity index is 1510. The Hall–Kier alpha value is -3.76. The highest BCUT2D eigenvalue weighted by molar-refractivity contribution is 5.93. The molecule has 0 spiro atoms. The first kappa shape index (κ1) is 22.7. The molecule has 5 aromatic rings. The van der Waals surface area contributed by atoms with Gasteiger partial charge in [0.1, 0.15) is 5.69 Å². The third-order valence-electron chi connectivity index (χ3n) is 8.03. The topological polar surface area (TPSA) is 37.8 Å². The van der Waals surface area contributed by atoms with E-state index in [1.54, 1.807) is 0 Å². The summed E-state index contributed by atoms with van der Waals surface area (Å²) in [5.41, 5.74) is 3.49. The molecule has 1 heterocycles. The van der Waals surface area contributed by atoms with Crippen LogP contribution in [0.2, 0.25) is 0 Å². The minimum Gasteiger partial charge on any atom is -0.351 e. The molecule has 0 bridgehead atoms. The van der Waals surface area contributed by atoms with E-state index in [2.05, 4.69) is 109 Å². The van der Waals surface area contributed by atoms with Gasteiger partial charge in [0.05, 0.1) is 25.8 Å². The standard InChI is InChI=1S/C32H33N4/c1-36(2,31-13-7-11-24-9-5-6-12-29(24)31)28-18-16-27(17-19-28)34-32-33-21-20-30(35-32)26-15-14-23-8-3-4-10-25(23)22-26/h3-15,20-22,27-28H,16-19H2,1-2H3,(H,33,34,35)/q+1. The van der Waals surface area contributed by atoms with Gasteiger partial charge in [-0.05, 0) is 53.3 Å². The summed E-state index contributed by atoms with van der Waals surface area (Å²) in [6.45, 7) is 0. The molecule has 1 saturated carbocycles. The van der Waals surface area contributed by atoms with E-state index in [9.17, 15) is 0 Å². The van der Waals surface area contributed by atoms with E-state index < -0.39 is 0 Å². The van der Waals surface area contributed by atoms with Gasteiger partial charge in [0, 0.05) is 36.0 Å². The van der Waals surface area contributed by atoms with E-state index in [1.807, 2.05) is 12.3 Å². The number of fused-ring (bicyclic) bond motifs is 2. The number of aromatic nitrogens is 2. The molecule has 4 heteroatoms. The molecule has 36 heavy (non-hydrogen) atoms. The second kappa shape index (κ2) is 9.36. The largest absolute Gasteiger partial charge is 0.351 e. The van der Waals surface area contributed by atoms with Crippen molar-refractivity contribution in [3.05, 3.63) is 97.2 Å². The Labute approximate surface area is 213 Å². The predicted octanol–water partition coefficient (Wildman–Crippen LogP) is 7.44. The van der Waals surface area contributed by atoms with Gasteiger partial charge < -0.3 is 5.32 Å². The van der Waals surface area contributed by atoms with Crippen LogP contribution in [-0.2, 0) is 0 Å². The van der Waals surface area contributed by atoms with E-state index in [-0.39, 0.29) is 0 Å². The van der Waals surface area contributed by atoms with Crippen LogP contribution in [0, 0.1) is 0 Å². The molecule has 1 fully saturated rings. The zero-order chi connectivity index (χ0) is 24.5. The first-order valence-corrected chi connectivity index (χ1v) is 13.0. The van der Waals surface area contributed by atoms with Gasteiger partial charge in [0.15, 0.2) is 0 Å². The normalized spacial score (nSPS) is 18.4. The van der Waals surface area contributed by atoms with Gasteiger partial charge in [0.25, 0.3) is 0 Å². The number of nitrogens with one attached hydrogen (secondary N) is 1. The van der Waals surface area contributed by atoms with Crippen molar-refractivity contribution in [1.29, 1.82) is 0 Å². The average molecular weight is 474 g/mol. The molecule has 180 valence electrons. The molecule has 0 unspecified atom stereocenters. The van der Waals surface area contributed by atoms with Crippen LogP contribution in [0.4, 0.5) is 11.6 Å². The minimum atomic E-state index is 0.403. The molecule has 1 aliphatic carbocycles. The van der Waals surface area contributed by atoms with Crippen LogP contribution < -0.4 is 9.80 Å². The van der Waals surface area contributed by atoms with Gasteiger partial charge >= 0.3 is 0 Å². The molecule has 0 atom stereocenters. The first-order valence-electron chi connectivity index (χ1n) is 13.0. The fourth-order valence-electron chi connectivity index (χ4n) is 5.89. The van der Waals surface area contributed by atoms with Crippen LogP contribution in [0.5, 0.6) is 0 Å². The summed E-state index contributed by atoms with van der Waals surface area (Å²) in [6.07, 6.45) is 6.48. The molecule has 0 amide bonds. The zero-order valence-corrected chi connectivity index (χ0v) is 21.1. The summed E-state index contributed by atoms with van der Waals surface area (Å²) >= 11 is 0. The molecule has 0 radical (unpaired) electrons. The summed E-state index contributed by atoms with van der Waals surface area (Å²) in [4.78, 5) is 9.41. The van der Waals surface area contributed by atoms with Crippen molar-refractivity contribution >= 4 is 33.2 Å². The zero-order valence-electron chi connectivity index (χ0n) is 21.1. The van der Waals surface area contributed by atoms with Gasteiger partial charge in [0.2, 0.25) is 5.95 Å². The summed E-state index contributed by atoms with van der Waals surface area (Å²) in [5.74, 6) is 0.729. The quantitative estimate of drug-likeness (QED) is 0.270. The molecule has 1 aromatic heterocycles. The molecule has 1 N–H and O–H groups in total. The smallest absolute Gasteiger partial charge is 0.223 e. The lowest BCUT2D eigenvalue weighted by Crippen LogP contribution is -2.52. The van der Waals surface area contributed by atoms with E-state index >= 15 is 0 Å².